The van der Waals surface area contributed by atoms with Gasteiger partial charge in [-0.25, -0.2) is 0 Å². The molecule has 21 heavy (non-hydrogen) atoms. The van der Waals surface area contributed by atoms with Crippen molar-refractivity contribution < 1.29 is 4.74 Å². The van der Waals surface area contributed by atoms with Gasteiger partial charge in [-0.3, -0.25) is 4.98 Å². The second-order valence-electron chi connectivity index (χ2n) is 4.93. The molecule has 1 heterocycles. The molecular weight excluding hydrogens is 284 g/mol. The molecule has 2 N–H and O–H groups in total. The van der Waals surface area contributed by atoms with Gasteiger partial charge in [-0.1, -0.05) is 23.7 Å². The molecule has 0 fully saturated rings. The van der Waals surface area contributed by atoms with Crippen molar-refractivity contribution in [1.29, 1.82) is 0 Å². The van der Waals surface area contributed by atoms with Crippen molar-refractivity contribution in [1.82, 2.24) is 4.98 Å². The van der Waals surface area contributed by atoms with E-state index in [2.05, 4.69) is 4.98 Å². The first kappa shape index (κ1) is 13.9. The fraction of sp³-hybridized carbons (Fsp3) is 0.118. The highest BCUT2D eigenvalue weighted by Crippen LogP contribution is 2.30. The zero-order valence-corrected chi connectivity index (χ0v) is 12.3. The summed E-state index contributed by atoms with van der Waals surface area (Å²) < 4.78 is 5.84. The van der Waals surface area contributed by atoms with Gasteiger partial charge in [0, 0.05) is 28.7 Å². The third-order valence-corrected chi connectivity index (χ3v) is 3.60. The Balaban J connectivity index is 1.89. The molecule has 3 rings (SSSR count). The van der Waals surface area contributed by atoms with E-state index in [9.17, 15) is 0 Å². The number of hydrogen-bond donors (Lipinski definition) is 1. The maximum atomic E-state index is 6.21. The smallest absolute Gasteiger partial charge is 0.129 e. The van der Waals surface area contributed by atoms with Gasteiger partial charge < -0.3 is 10.5 Å². The summed E-state index contributed by atoms with van der Waals surface area (Å²) >= 11 is 6.21. The van der Waals surface area contributed by atoms with Gasteiger partial charge in [0.1, 0.15) is 11.5 Å². The van der Waals surface area contributed by atoms with Crippen LogP contribution in [0.2, 0.25) is 5.02 Å². The fourth-order valence-electron chi connectivity index (χ4n) is 2.19. The quantitative estimate of drug-likeness (QED) is 0.762. The lowest BCUT2D eigenvalue weighted by molar-refractivity contribution is 0.483. The van der Waals surface area contributed by atoms with E-state index in [-0.39, 0.29) is 6.04 Å². The highest BCUT2D eigenvalue weighted by atomic mass is 35.5. The van der Waals surface area contributed by atoms with E-state index in [4.69, 9.17) is 22.1 Å². The highest BCUT2D eigenvalue weighted by molar-refractivity contribution is 6.31. The maximum absolute atomic E-state index is 6.21. The molecule has 0 spiro atoms. The summed E-state index contributed by atoms with van der Waals surface area (Å²) in [5.41, 5.74) is 7.65. The van der Waals surface area contributed by atoms with Crippen LogP contribution < -0.4 is 10.5 Å². The first-order chi connectivity index (χ1) is 10.1. The Morgan fingerprint density at radius 2 is 1.86 bits per heavy atom. The van der Waals surface area contributed by atoms with Gasteiger partial charge in [-0.15, -0.1) is 0 Å². The Labute approximate surface area is 128 Å². The molecule has 0 aliphatic carbocycles. The molecule has 0 amide bonds. The van der Waals surface area contributed by atoms with E-state index in [1.807, 2.05) is 49.4 Å². The summed E-state index contributed by atoms with van der Waals surface area (Å²) in [6.07, 6.45) is 1.76. The number of aromatic nitrogens is 1. The second-order valence-corrected chi connectivity index (χ2v) is 5.34. The summed E-state index contributed by atoms with van der Waals surface area (Å²) in [6, 6.07) is 15.2. The van der Waals surface area contributed by atoms with E-state index in [1.165, 1.54) is 0 Å². The number of hydrogen-bond acceptors (Lipinski definition) is 3. The second kappa shape index (κ2) is 5.72. The van der Waals surface area contributed by atoms with Gasteiger partial charge in [-0.2, -0.15) is 0 Å². The van der Waals surface area contributed by atoms with Gasteiger partial charge >= 0.3 is 0 Å². The zero-order chi connectivity index (χ0) is 14.8. The van der Waals surface area contributed by atoms with Crippen LogP contribution in [0.5, 0.6) is 11.5 Å². The van der Waals surface area contributed by atoms with E-state index >= 15 is 0 Å². The first-order valence-electron chi connectivity index (χ1n) is 6.71. The lowest BCUT2D eigenvalue weighted by atomic mass is 10.1. The van der Waals surface area contributed by atoms with Crippen LogP contribution in [-0.4, -0.2) is 4.98 Å². The normalized spacial score (nSPS) is 12.3. The van der Waals surface area contributed by atoms with Crippen molar-refractivity contribution in [3.63, 3.8) is 0 Å². The minimum absolute atomic E-state index is 0.101. The van der Waals surface area contributed by atoms with Crippen LogP contribution in [0, 0.1) is 0 Å². The molecule has 106 valence electrons. The average Bonchev–Trinajstić information content (AvgIpc) is 2.47. The number of halogens is 1. The molecule has 0 saturated carbocycles. The van der Waals surface area contributed by atoms with E-state index in [0.717, 1.165) is 22.2 Å². The summed E-state index contributed by atoms with van der Waals surface area (Å²) in [6.45, 7) is 1.90. The van der Waals surface area contributed by atoms with Crippen LogP contribution in [0.25, 0.3) is 10.9 Å². The molecule has 2 aromatic carbocycles. The molecule has 0 saturated heterocycles. The SMILES string of the molecule is CC(N)c1ccc(Oc2ccc3cccnc3c2)cc1Cl. The number of pyridine rings is 1. The van der Waals surface area contributed by atoms with E-state index < -0.39 is 0 Å². The maximum Gasteiger partial charge on any atom is 0.129 e. The molecule has 4 heteroatoms. The minimum Gasteiger partial charge on any atom is -0.457 e. The predicted molar refractivity (Wildman–Crippen MR) is 85.9 cm³/mol. The third-order valence-electron chi connectivity index (χ3n) is 3.28. The molecule has 0 aliphatic heterocycles. The number of fused-ring (bicyclic) bond motifs is 1. The standard InChI is InChI=1S/C17H15ClN2O/c1-11(19)15-7-6-13(9-16(15)18)21-14-5-4-12-3-2-8-20-17(12)10-14/h2-11H,19H2,1H3. The predicted octanol–water partition coefficient (Wildman–Crippen LogP) is 4.70. The lowest BCUT2D eigenvalue weighted by Crippen LogP contribution is -2.05. The molecule has 1 unspecified atom stereocenters. The number of benzene rings is 2. The Morgan fingerprint density at radius 1 is 1.10 bits per heavy atom. The molecule has 3 nitrogen and oxygen atoms in total. The Kier molecular flexibility index (Phi) is 3.78. The van der Waals surface area contributed by atoms with Crippen LogP contribution in [0.3, 0.4) is 0 Å². The summed E-state index contributed by atoms with van der Waals surface area (Å²) in [4.78, 5) is 4.32. The van der Waals surface area contributed by atoms with Crippen molar-refractivity contribution >= 4 is 22.5 Å². The number of nitrogens with zero attached hydrogens (tertiary/aromatic N) is 1. The number of rotatable bonds is 3. The summed E-state index contributed by atoms with van der Waals surface area (Å²) in [5, 5.41) is 1.69. The van der Waals surface area contributed by atoms with Crippen molar-refractivity contribution in [3.05, 3.63) is 65.3 Å². The van der Waals surface area contributed by atoms with Gasteiger partial charge in [0.15, 0.2) is 0 Å². The first-order valence-corrected chi connectivity index (χ1v) is 7.09. The highest BCUT2D eigenvalue weighted by Gasteiger charge is 2.07. The molecule has 0 bridgehead atoms. The van der Waals surface area contributed by atoms with E-state index in [1.54, 1.807) is 12.3 Å². The van der Waals surface area contributed by atoms with Crippen LogP contribution in [0.1, 0.15) is 18.5 Å². The molecule has 0 radical (unpaired) electrons. The van der Waals surface area contributed by atoms with Crippen molar-refractivity contribution in [2.45, 2.75) is 13.0 Å². The van der Waals surface area contributed by atoms with Crippen molar-refractivity contribution in [2.24, 2.45) is 5.73 Å². The lowest BCUT2D eigenvalue weighted by Gasteiger charge is -2.11. The Bertz CT molecular complexity index is 787. The van der Waals surface area contributed by atoms with Gasteiger partial charge in [0.2, 0.25) is 0 Å². The van der Waals surface area contributed by atoms with Crippen LogP contribution in [-0.2, 0) is 0 Å². The summed E-state index contributed by atoms with van der Waals surface area (Å²) in [5.74, 6) is 1.41. The van der Waals surface area contributed by atoms with Crippen LogP contribution in [0.4, 0.5) is 0 Å². The van der Waals surface area contributed by atoms with Crippen molar-refractivity contribution in [3.8, 4) is 11.5 Å². The zero-order valence-electron chi connectivity index (χ0n) is 11.6. The minimum atomic E-state index is -0.101. The van der Waals surface area contributed by atoms with Crippen molar-refractivity contribution in [2.75, 3.05) is 0 Å². The van der Waals surface area contributed by atoms with Crippen LogP contribution in [0.15, 0.2) is 54.7 Å². The fourth-order valence-corrected chi connectivity index (χ4v) is 2.53. The van der Waals surface area contributed by atoms with E-state index in [0.29, 0.717) is 10.8 Å². The Morgan fingerprint density at radius 3 is 2.62 bits per heavy atom. The largest absolute Gasteiger partial charge is 0.457 e. The number of nitrogens with two attached hydrogens (primary N) is 1. The monoisotopic (exact) mass is 298 g/mol. The van der Waals surface area contributed by atoms with Crippen LogP contribution >= 0.6 is 11.6 Å². The third kappa shape index (κ3) is 2.99. The Hall–Kier alpha value is -2.10. The molecule has 1 aromatic heterocycles. The summed E-state index contributed by atoms with van der Waals surface area (Å²) in [7, 11) is 0. The number of ether oxygens (including phenoxy) is 1. The molecular formula is C17H15ClN2O. The van der Waals surface area contributed by atoms with Gasteiger partial charge in [-0.05, 0) is 42.8 Å². The molecule has 0 aliphatic rings. The van der Waals surface area contributed by atoms with Gasteiger partial charge in [0.25, 0.3) is 0 Å². The molecule has 3 aromatic rings. The average molecular weight is 299 g/mol. The molecule has 1 atom stereocenters. The van der Waals surface area contributed by atoms with Gasteiger partial charge in [0.05, 0.1) is 5.52 Å². The topological polar surface area (TPSA) is 48.1 Å².